The van der Waals surface area contributed by atoms with E-state index in [1.807, 2.05) is 48.7 Å². The Morgan fingerprint density at radius 3 is 2.82 bits per heavy atom. The van der Waals surface area contributed by atoms with Gasteiger partial charge >= 0.3 is 0 Å². The summed E-state index contributed by atoms with van der Waals surface area (Å²) in [4.78, 5) is 21.2. The Balaban J connectivity index is 1.65. The van der Waals surface area contributed by atoms with Gasteiger partial charge in [0.2, 0.25) is 5.91 Å². The van der Waals surface area contributed by atoms with E-state index in [9.17, 15) is 10.1 Å². The quantitative estimate of drug-likeness (QED) is 0.586. The molecule has 6 nitrogen and oxygen atoms in total. The third-order valence-electron chi connectivity index (χ3n) is 3.77. The molecular weight excluding hydrogens is 392 g/mol. The minimum Gasteiger partial charge on any atom is -0.380 e. The first-order chi connectivity index (χ1) is 13.6. The number of nitriles is 1. The van der Waals surface area contributed by atoms with Gasteiger partial charge in [-0.1, -0.05) is 42.1 Å². The zero-order valence-electron chi connectivity index (χ0n) is 15.4. The average molecular weight is 411 g/mol. The van der Waals surface area contributed by atoms with Crippen molar-refractivity contribution in [1.29, 1.82) is 5.26 Å². The van der Waals surface area contributed by atoms with Gasteiger partial charge < -0.3 is 10.1 Å². The maximum atomic E-state index is 12.3. The lowest BCUT2D eigenvalue weighted by molar-refractivity contribution is -0.113. The fourth-order valence-corrected chi connectivity index (χ4v) is 4.17. The lowest BCUT2D eigenvalue weighted by atomic mass is 10.1. The van der Waals surface area contributed by atoms with Gasteiger partial charge in [-0.15, -0.1) is 11.3 Å². The molecule has 0 saturated carbocycles. The summed E-state index contributed by atoms with van der Waals surface area (Å²) in [7, 11) is 1.58. The van der Waals surface area contributed by atoms with Crippen LogP contribution in [0.3, 0.4) is 0 Å². The normalized spacial score (nSPS) is 10.5. The van der Waals surface area contributed by atoms with Crippen LogP contribution in [-0.2, 0) is 16.1 Å². The van der Waals surface area contributed by atoms with Crippen LogP contribution in [0.5, 0.6) is 0 Å². The topological polar surface area (TPSA) is 87.9 Å². The molecular formula is C20H18N4O2S2. The molecule has 2 aromatic heterocycles. The molecule has 1 amide bonds. The average Bonchev–Trinajstić information content (AvgIpc) is 3.15. The molecule has 142 valence electrons. The van der Waals surface area contributed by atoms with Crippen molar-refractivity contribution in [2.75, 3.05) is 18.2 Å². The molecule has 1 N–H and O–H groups in total. The van der Waals surface area contributed by atoms with E-state index < -0.39 is 0 Å². The zero-order chi connectivity index (χ0) is 19.9. The smallest absolute Gasteiger partial charge is 0.236 e. The molecule has 2 heterocycles. The summed E-state index contributed by atoms with van der Waals surface area (Å²) < 4.78 is 5.15. The van der Waals surface area contributed by atoms with Crippen molar-refractivity contribution in [3.8, 4) is 17.3 Å². The first kappa shape index (κ1) is 20.0. The van der Waals surface area contributed by atoms with E-state index in [-0.39, 0.29) is 11.7 Å². The maximum absolute atomic E-state index is 12.3. The number of anilines is 1. The van der Waals surface area contributed by atoms with Gasteiger partial charge in [0, 0.05) is 23.7 Å². The van der Waals surface area contributed by atoms with E-state index in [4.69, 9.17) is 4.74 Å². The summed E-state index contributed by atoms with van der Waals surface area (Å²) >= 11 is 2.61. The highest BCUT2D eigenvalue weighted by Gasteiger charge is 2.14. The number of ether oxygens (including phenoxy) is 1. The number of aryl methyl sites for hydroxylation is 1. The zero-order valence-corrected chi connectivity index (χ0v) is 17.1. The van der Waals surface area contributed by atoms with Crippen LogP contribution in [0.25, 0.3) is 11.3 Å². The van der Waals surface area contributed by atoms with Crippen molar-refractivity contribution in [3.05, 3.63) is 58.6 Å². The molecule has 0 atom stereocenters. The number of carbonyl (C=O) groups is 1. The van der Waals surface area contributed by atoms with Gasteiger partial charge in [0.05, 0.1) is 23.6 Å². The van der Waals surface area contributed by atoms with Crippen LogP contribution in [0, 0.1) is 18.3 Å². The summed E-state index contributed by atoms with van der Waals surface area (Å²) in [6.07, 6.45) is 0. The number of nitrogens with one attached hydrogen (secondary N) is 1. The first-order valence-electron chi connectivity index (χ1n) is 8.44. The van der Waals surface area contributed by atoms with E-state index in [0.717, 1.165) is 22.5 Å². The van der Waals surface area contributed by atoms with Crippen LogP contribution >= 0.6 is 23.1 Å². The molecule has 0 radical (unpaired) electrons. The highest BCUT2D eigenvalue weighted by atomic mass is 32.2. The third kappa shape index (κ3) is 4.95. The number of pyridine rings is 1. The third-order valence-corrected chi connectivity index (χ3v) is 5.50. The van der Waals surface area contributed by atoms with Gasteiger partial charge in [0.15, 0.2) is 5.13 Å². The van der Waals surface area contributed by atoms with Gasteiger partial charge in [0.1, 0.15) is 11.1 Å². The highest BCUT2D eigenvalue weighted by Crippen LogP contribution is 2.27. The first-order valence-corrected chi connectivity index (χ1v) is 10.3. The molecule has 0 unspecified atom stereocenters. The number of methoxy groups -OCH3 is 1. The predicted octanol–water partition coefficient (Wildman–Crippen LogP) is 4.26. The van der Waals surface area contributed by atoms with Gasteiger partial charge in [-0.25, -0.2) is 9.97 Å². The summed E-state index contributed by atoms with van der Waals surface area (Å²) in [6.45, 7) is 2.18. The maximum Gasteiger partial charge on any atom is 0.236 e. The highest BCUT2D eigenvalue weighted by molar-refractivity contribution is 8.00. The van der Waals surface area contributed by atoms with E-state index in [1.165, 1.54) is 23.1 Å². The Kier molecular flexibility index (Phi) is 6.76. The number of aromatic nitrogens is 2. The van der Waals surface area contributed by atoms with Crippen molar-refractivity contribution in [1.82, 2.24) is 9.97 Å². The Morgan fingerprint density at radius 1 is 1.32 bits per heavy atom. The van der Waals surface area contributed by atoms with Gasteiger partial charge in [-0.2, -0.15) is 5.26 Å². The van der Waals surface area contributed by atoms with Crippen molar-refractivity contribution in [3.63, 3.8) is 0 Å². The predicted molar refractivity (Wildman–Crippen MR) is 111 cm³/mol. The van der Waals surface area contributed by atoms with Crippen molar-refractivity contribution in [2.45, 2.75) is 18.6 Å². The Labute approximate surface area is 171 Å². The number of benzene rings is 1. The van der Waals surface area contributed by atoms with Crippen molar-refractivity contribution < 1.29 is 9.53 Å². The lowest BCUT2D eigenvalue weighted by Crippen LogP contribution is -2.14. The molecule has 0 aliphatic heterocycles. The number of thioether (sulfide) groups is 1. The SMILES string of the molecule is COCc1cc(C)nc(SCC(=O)Nc2nc(-c3ccccc3)cs2)c1C#N. The van der Waals surface area contributed by atoms with Crippen LogP contribution in [-0.4, -0.2) is 28.7 Å². The molecule has 0 saturated heterocycles. The number of rotatable bonds is 7. The molecule has 0 bridgehead atoms. The minimum atomic E-state index is -0.195. The number of amides is 1. The summed E-state index contributed by atoms with van der Waals surface area (Å²) in [6, 6.07) is 13.8. The fourth-order valence-electron chi connectivity index (χ4n) is 2.57. The number of thiazole rings is 1. The van der Waals surface area contributed by atoms with E-state index in [1.54, 1.807) is 7.11 Å². The van der Waals surface area contributed by atoms with E-state index >= 15 is 0 Å². The fraction of sp³-hybridized carbons (Fsp3) is 0.200. The lowest BCUT2D eigenvalue weighted by Gasteiger charge is -2.09. The van der Waals surface area contributed by atoms with E-state index in [2.05, 4.69) is 21.4 Å². The number of nitrogens with zero attached hydrogens (tertiary/aromatic N) is 3. The van der Waals surface area contributed by atoms with Crippen LogP contribution in [0.4, 0.5) is 5.13 Å². The summed E-state index contributed by atoms with van der Waals surface area (Å²) in [5.41, 5.74) is 3.83. The van der Waals surface area contributed by atoms with Gasteiger partial charge in [0.25, 0.3) is 0 Å². The van der Waals surface area contributed by atoms with Crippen LogP contribution in [0.15, 0.2) is 46.8 Å². The molecule has 0 spiro atoms. The second kappa shape index (κ2) is 9.46. The molecule has 0 fully saturated rings. The Morgan fingerprint density at radius 2 is 2.11 bits per heavy atom. The molecule has 3 rings (SSSR count). The summed E-state index contributed by atoms with van der Waals surface area (Å²) in [5.74, 6) is -0.0582. The van der Waals surface area contributed by atoms with Crippen LogP contribution < -0.4 is 5.32 Å². The molecule has 3 aromatic rings. The number of hydrogen-bond acceptors (Lipinski definition) is 7. The Bertz CT molecular complexity index is 1010. The van der Waals surface area contributed by atoms with Crippen molar-refractivity contribution >= 4 is 34.1 Å². The second-order valence-electron chi connectivity index (χ2n) is 5.89. The van der Waals surface area contributed by atoms with Gasteiger partial charge in [-0.05, 0) is 18.6 Å². The minimum absolute atomic E-state index is 0.137. The molecule has 0 aliphatic rings. The standard InChI is InChI=1S/C20H18N4O2S2/c1-13-8-15(10-26-2)16(9-21)19(22-13)27-12-18(25)24-20-23-17(11-28-20)14-6-4-3-5-7-14/h3-8,11H,10,12H2,1-2H3,(H,23,24,25). The van der Waals surface area contributed by atoms with Crippen LogP contribution in [0.1, 0.15) is 16.8 Å². The Hall–Kier alpha value is -2.73. The van der Waals surface area contributed by atoms with E-state index in [0.29, 0.717) is 22.3 Å². The molecule has 1 aromatic carbocycles. The number of hydrogen-bond donors (Lipinski definition) is 1. The molecule has 0 aliphatic carbocycles. The molecule has 8 heteroatoms. The monoisotopic (exact) mass is 410 g/mol. The molecule has 28 heavy (non-hydrogen) atoms. The summed E-state index contributed by atoms with van der Waals surface area (Å²) in [5, 5.41) is 15.3. The van der Waals surface area contributed by atoms with Gasteiger partial charge in [-0.3, -0.25) is 4.79 Å². The van der Waals surface area contributed by atoms with Crippen LogP contribution in [0.2, 0.25) is 0 Å². The second-order valence-corrected chi connectivity index (χ2v) is 7.71. The largest absolute Gasteiger partial charge is 0.380 e. The number of carbonyl (C=O) groups excluding carboxylic acids is 1. The van der Waals surface area contributed by atoms with Crippen molar-refractivity contribution in [2.24, 2.45) is 0 Å².